The predicted octanol–water partition coefficient (Wildman–Crippen LogP) is 1.93. The maximum atomic E-state index is 14.0. The Balaban J connectivity index is 1.28. The van der Waals surface area contributed by atoms with Crippen LogP contribution in [0, 0.1) is 18.6 Å². The molecule has 0 saturated carbocycles. The molecule has 0 unspecified atom stereocenters. The number of nitrogens with zero attached hydrogens (tertiary/aromatic N) is 4. The van der Waals surface area contributed by atoms with Crippen LogP contribution in [-0.4, -0.2) is 87.3 Å². The van der Waals surface area contributed by atoms with Gasteiger partial charge in [0.15, 0.2) is 0 Å². The molecule has 0 N–H and O–H groups in total. The molecule has 1 amide bonds. The van der Waals surface area contributed by atoms with Crippen LogP contribution in [0.15, 0.2) is 47.4 Å². The first-order chi connectivity index (χ1) is 15.7. The molecule has 178 valence electrons. The second-order valence-electron chi connectivity index (χ2n) is 8.46. The summed E-state index contributed by atoms with van der Waals surface area (Å²) >= 11 is 0. The van der Waals surface area contributed by atoms with Gasteiger partial charge >= 0.3 is 0 Å². The fraction of sp³-hybridized carbons (Fsp3) is 0.435. The van der Waals surface area contributed by atoms with Gasteiger partial charge in [-0.05, 0) is 42.8 Å². The van der Waals surface area contributed by atoms with Crippen molar-refractivity contribution in [1.82, 2.24) is 14.1 Å². The lowest BCUT2D eigenvalue weighted by Gasteiger charge is -2.38. The van der Waals surface area contributed by atoms with Gasteiger partial charge in [-0.1, -0.05) is 12.1 Å². The molecule has 2 aromatic rings. The largest absolute Gasteiger partial charge is 0.368 e. The molecule has 2 saturated heterocycles. The highest BCUT2D eigenvalue weighted by Gasteiger charge is 2.32. The lowest BCUT2D eigenvalue weighted by atomic mass is 10.2. The van der Waals surface area contributed by atoms with E-state index in [-0.39, 0.29) is 25.5 Å². The summed E-state index contributed by atoms with van der Waals surface area (Å²) in [6.07, 6.45) is 0. The molecule has 0 aromatic heterocycles. The van der Waals surface area contributed by atoms with Crippen LogP contribution in [0.3, 0.4) is 0 Å². The minimum Gasteiger partial charge on any atom is -0.368 e. The molecule has 7 nitrogen and oxygen atoms in total. The number of amides is 1. The van der Waals surface area contributed by atoms with Crippen LogP contribution < -0.4 is 4.90 Å². The number of halogens is 2. The number of hydrogen-bond acceptors (Lipinski definition) is 5. The number of sulfonamides is 1. The van der Waals surface area contributed by atoms with Gasteiger partial charge in [0.2, 0.25) is 15.9 Å². The molecule has 0 spiro atoms. The number of rotatable bonds is 5. The fourth-order valence-electron chi connectivity index (χ4n) is 4.27. The molecule has 0 radical (unpaired) electrons. The summed E-state index contributed by atoms with van der Waals surface area (Å²) in [5.74, 6) is -1.76. The SMILES string of the molecule is Cc1cccc(N2CCN(C(=O)CN3CCN(S(=O)(=O)c4cc(F)ccc4F)CC3)CC2)c1. The van der Waals surface area contributed by atoms with E-state index in [1.54, 1.807) is 0 Å². The van der Waals surface area contributed by atoms with Crippen molar-refractivity contribution >= 4 is 21.6 Å². The minimum absolute atomic E-state index is 0.0198. The standard InChI is InChI=1S/C23H28F2N4O3S/c1-18-3-2-4-20(15-18)27-9-11-28(12-10-27)23(30)17-26-7-13-29(14-8-26)33(31,32)22-16-19(24)5-6-21(22)25/h2-6,15-16H,7-14,17H2,1H3. The Morgan fingerprint density at radius 1 is 0.909 bits per heavy atom. The monoisotopic (exact) mass is 478 g/mol. The van der Waals surface area contributed by atoms with Gasteiger partial charge in [0.25, 0.3) is 0 Å². The van der Waals surface area contributed by atoms with E-state index in [4.69, 9.17) is 0 Å². The van der Waals surface area contributed by atoms with Gasteiger partial charge in [-0.15, -0.1) is 0 Å². The lowest BCUT2D eigenvalue weighted by Crippen LogP contribution is -2.54. The minimum atomic E-state index is -4.13. The molecule has 10 heteroatoms. The first kappa shape index (κ1) is 23.6. The summed E-state index contributed by atoms with van der Waals surface area (Å²) < 4.78 is 54.1. The molecule has 2 aliphatic heterocycles. The average Bonchev–Trinajstić information content (AvgIpc) is 2.81. The van der Waals surface area contributed by atoms with Gasteiger partial charge in [-0.3, -0.25) is 9.69 Å². The third-order valence-electron chi connectivity index (χ3n) is 6.20. The Kier molecular flexibility index (Phi) is 6.96. The smallest absolute Gasteiger partial charge is 0.246 e. The molecule has 2 aromatic carbocycles. The van der Waals surface area contributed by atoms with Gasteiger partial charge in [0.1, 0.15) is 16.5 Å². The molecule has 0 atom stereocenters. The molecule has 2 fully saturated rings. The van der Waals surface area contributed by atoms with E-state index in [9.17, 15) is 22.0 Å². The Labute approximate surface area is 193 Å². The van der Waals surface area contributed by atoms with Gasteiger partial charge in [-0.25, -0.2) is 17.2 Å². The predicted molar refractivity (Wildman–Crippen MR) is 122 cm³/mol. The summed E-state index contributed by atoms with van der Waals surface area (Å²) in [4.78, 5) is 18.2. The van der Waals surface area contributed by atoms with Crippen molar-refractivity contribution < 1.29 is 22.0 Å². The number of aryl methyl sites for hydroxylation is 1. The van der Waals surface area contributed by atoms with Gasteiger partial charge < -0.3 is 9.80 Å². The van der Waals surface area contributed by atoms with E-state index in [1.165, 1.54) is 5.56 Å². The van der Waals surface area contributed by atoms with Crippen molar-refractivity contribution in [2.45, 2.75) is 11.8 Å². The van der Waals surface area contributed by atoms with E-state index < -0.39 is 26.6 Å². The first-order valence-corrected chi connectivity index (χ1v) is 12.4. The van der Waals surface area contributed by atoms with Crippen LogP contribution in [0.2, 0.25) is 0 Å². The Bertz CT molecular complexity index is 1110. The van der Waals surface area contributed by atoms with Crippen LogP contribution >= 0.6 is 0 Å². The molecular weight excluding hydrogens is 450 g/mol. The lowest BCUT2D eigenvalue weighted by molar-refractivity contribution is -0.133. The highest BCUT2D eigenvalue weighted by Crippen LogP contribution is 2.22. The zero-order valence-electron chi connectivity index (χ0n) is 18.6. The average molecular weight is 479 g/mol. The fourth-order valence-corrected chi connectivity index (χ4v) is 5.77. The molecule has 4 rings (SSSR count). The number of anilines is 1. The van der Waals surface area contributed by atoms with Crippen LogP contribution in [0.1, 0.15) is 5.56 Å². The van der Waals surface area contributed by atoms with Crippen LogP contribution in [0.25, 0.3) is 0 Å². The molecule has 0 bridgehead atoms. The molecule has 33 heavy (non-hydrogen) atoms. The molecule has 2 heterocycles. The van der Waals surface area contributed by atoms with Crippen LogP contribution in [0.4, 0.5) is 14.5 Å². The maximum absolute atomic E-state index is 14.0. The van der Waals surface area contributed by atoms with Crippen molar-refractivity contribution in [3.8, 4) is 0 Å². The quantitative estimate of drug-likeness (QED) is 0.657. The van der Waals surface area contributed by atoms with Crippen molar-refractivity contribution in [3.05, 3.63) is 59.7 Å². The van der Waals surface area contributed by atoms with Crippen molar-refractivity contribution in [1.29, 1.82) is 0 Å². The van der Waals surface area contributed by atoms with E-state index in [0.717, 1.165) is 35.2 Å². The number of benzene rings is 2. The van der Waals surface area contributed by atoms with E-state index in [0.29, 0.717) is 32.2 Å². The molecule has 0 aliphatic carbocycles. The van der Waals surface area contributed by atoms with Crippen LogP contribution in [-0.2, 0) is 14.8 Å². The van der Waals surface area contributed by atoms with Crippen molar-refractivity contribution in [2.24, 2.45) is 0 Å². The normalized spacial score (nSPS) is 18.5. The highest BCUT2D eigenvalue weighted by molar-refractivity contribution is 7.89. The van der Waals surface area contributed by atoms with E-state index in [2.05, 4.69) is 30.0 Å². The zero-order valence-corrected chi connectivity index (χ0v) is 19.4. The summed E-state index contributed by atoms with van der Waals surface area (Å²) in [6.45, 7) is 6.02. The topological polar surface area (TPSA) is 64.2 Å². The number of carbonyl (C=O) groups is 1. The second-order valence-corrected chi connectivity index (χ2v) is 10.4. The van der Waals surface area contributed by atoms with Gasteiger partial charge in [0.05, 0.1) is 6.54 Å². The third kappa shape index (κ3) is 5.34. The summed E-state index contributed by atoms with van der Waals surface area (Å²) in [6, 6.07) is 10.7. The maximum Gasteiger partial charge on any atom is 0.246 e. The summed E-state index contributed by atoms with van der Waals surface area (Å²) in [5.41, 5.74) is 2.36. The van der Waals surface area contributed by atoms with E-state index in [1.807, 2.05) is 15.9 Å². The van der Waals surface area contributed by atoms with Gasteiger partial charge in [0, 0.05) is 58.0 Å². The molecular formula is C23H28F2N4O3S. The summed E-state index contributed by atoms with van der Waals surface area (Å²) in [7, 11) is -4.13. The number of piperazine rings is 2. The Morgan fingerprint density at radius 3 is 2.27 bits per heavy atom. The highest BCUT2D eigenvalue weighted by atomic mass is 32.2. The van der Waals surface area contributed by atoms with Crippen LogP contribution in [0.5, 0.6) is 0 Å². The number of hydrogen-bond donors (Lipinski definition) is 0. The second kappa shape index (κ2) is 9.74. The van der Waals surface area contributed by atoms with Crippen molar-refractivity contribution in [3.63, 3.8) is 0 Å². The zero-order chi connectivity index (χ0) is 23.6. The Morgan fingerprint density at radius 2 is 1.61 bits per heavy atom. The third-order valence-corrected chi connectivity index (χ3v) is 8.11. The summed E-state index contributed by atoms with van der Waals surface area (Å²) in [5, 5.41) is 0. The molecule has 2 aliphatic rings. The Hall–Kier alpha value is -2.56. The number of carbonyl (C=O) groups excluding carboxylic acids is 1. The van der Waals surface area contributed by atoms with Crippen molar-refractivity contribution in [2.75, 3.05) is 63.8 Å². The van der Waals surface area contributed by atoms with E-state index >= 15 is 0 Å². The first-order valence-electron chi connectivity index (χ1n) is 11.0. The van der Waals surface area contributed by atoms with Gasteiger partial charge in [-0.2, -0.15) is 4.31 Å².